The normalized spacial score (nSPS) is 16.1. The Bertz CT molecular complexity index is 296. The first-order chi connectivity index (χ1) is 6.50. The number of nitrogens with one attached hydrogen (secondary N) is 1. The van der Waals surface area contributed by atoms with Gasteiger partial charge in [0.1, 0.15) is 0 Å². The quantitative estimate of drug-likeness (QED) is 0.721. The van der Waals surface area contributed by atoms with Gasteiger partial charge in [0.15, 0.2) is 0 Å². The highest BCUT2D eigenvalue weighted by atomic mass is 32.2. The molecule has 0 aromatic carbocycles. The summed E-state index contributed by atoms with van der Waals surface area (Å²) in [7, 11) is -1.91. The van der Waals surface area contributed by atoms with Crippen LogP contribution in [-0.4, -0.2) is 37.4 Å². The summed E-state index contributed by atoms with van der Waals surface area (Å²) in [6, 6.07) is -0.334. The van der Waals surface area contributed by atoms with E-state index < -0.39 is 15.7 Å². The first kappa shape index (κ1) is 14.8. The van der Waals surface area contributed by atoms with Crippen molar-refractivity contribution in [1.82, 2.24) is 9.03 Å². The predicted molar refractivity (Wildman–Crippen MR) is 62.7 cm³/mol. The minimum Gasteiger partial charge on any atom is -0.326 e. The van der Waals surface area contributed by atoms with Crippen molar-refractivity contribution in [3.63, 3.8) is 0 Å². The Morgan fingerprint density at radius 1 is 1.27 bits per heavy atom. The topological polar surface area (TPSA) is 75.4 Å². The Morgan fingerprint density at radius 2 is 1.67 bits per heavy atom. The molecule has 0 amide bonds. The zero-order valence-electron chi connectivity index (χ0n) is 10.4. The maximum absolute atomic E-state index is 11.9. The van der Waals surface area contributed by atoms with Crippen LogP contribution in [0.15, 0.2) is 0 Å². The summed E-state index contributed by atoms with van der Waals surface area (Å²) < 4.78 is 27.6. The van der Waals surface area contributed by atoms with Gasteiger partial charge < -0.3 is 5.73 Å². The fraction of sp³-hybridized carbons (Fsp3) is 1.00. The Labute approximate surface area is 93.2 Å². The van der Waals surface area contributed by atoms with Crippen LogP contribution in [-0.2, 0) is 10.2 Å². The molecule has 0 aliphatic heterocycles. The third kappa shape index (κ3) is 4.06. The van der Waals surface area contributed by atoms with Crippen molar-refractivity contribution in [2.24, 2.45) is 5.73 Å². The fourth-order valence-electron chi connectivity index (χ4n) is 0.775. The average molecular weight is 237 g/mol. The van der Waals surface area contributed by atoms with Crippen LogP contribution in [0.25, 0.3) is 0 Å². The Hall–Kier alpha value is -0.170. The lowest BCUT2D eigenvalue weighted by molar-refractivity contribution is 0.350. The van der Waals surface area contributed by atoms with E-state index in [0.717, 1.165) is 0 Å². The van der Waals surface area contributed by atoms with Crippen LogP contribution < -0.4 is 10.5 Å². The van der Waals surface area contributed by atoms with Crippen LogP contribution in [0.2, 0.25) is 0 Å². The van der Waals surface area contributed by atoms with E-state index in [0.29, 0.717) is 0 Å². The van der Waals surface area contributed by atoms with Crippen molar-refractivity contribution < 1.29 is 8.42 Å². The first-order valence-electron chi connectivity index (χ1n) is 5.03. The maximum atomic E-state index is 11.9. The van der Waals surface area contributed by atoms with E-state index in [9.17, 15) is 8.42 Å². The van der Waals surface area contributed by atoms with Crippen LogP contribution in [0, 0.1) is 0 Å². The largest absolute Gasteiger partial charge is 0.326 e. The second-order valence-electron chi connectivity index (χ2n) is 4.73. The van der Waals surface area contributed by atoms with Crippen LogP contribution in [0.5, 0.6) is 0 Å². The summed E-state index contributed by atoms with van der Waals surface area (Å²) in [5, 5.41) is 0. The van der Waals surface area contributed by atoms with Gasteiger partial charge in [-0.15, -0.1) is 0 Å². The zero-order valence-corrected chi connectivity index (χ0v) is 11.2. The number of hydrogen-bond acceptors (Lipinski definition) is 3. The van der Waals surface area contributed by atoms with Crippen LogP contribution in [0.1, 0.15) is 34.6 Å². The van der Waals surface area contributed by atoms with E-state index in [4.69, 9.17) is 5.73 Å². The van der Waals surface area contributed by atoms with Crippen LogP contribution in [0.3, 0.4) is 0 Å². The van der Waals surface area contributed by atoms with E-state index in [2.05, 4.69) is 4.72 Å². The minimum absolute atomic E-state index is 0.0774. The lowest BCUT2D eigenvalue weighted by Gasteiger charge is -2.33. The second-order valence-corrected chi connectivity index (χ2v) is 6.46. The molecule has 5 nitrogen and oxygen atoms in total. The zero-order chi connectivity index (χ0) is 12.4. The van der Waals surface area contributed by atoms with Gasteiger partial charge in [-0.05, 0) is 34.6 Å². The smallest absolute Gasteiger partial charge is 0.279 e. The molecule has 0 saturated carbocycles. The third-order valence-corrected chi connectivity index (χ3v) is 4.60. The molecule has 0 saturated heterocycles. The Balaban J connectivity index is 4.81. The Morgan fingerprint density at radius 3 is 1.93 bits per heavy atom. The molecule has 0 aliphatic rings. The molecule has 1 unspecified atom stereocenters. The van der Waals surface area contributed by atoms with Gasteiger partial charge in [0, 0.05) is 24.7 Å². The van der Waals surface area contributed by atoms with Crippen molar-refractivity contribution in [3.05, 3.63) is 0 Å². The highest BCUT2D eigenvalue weighted by Crippen LogP contribution is 2.11. The molecule has 0 fully saturated rings. The molecule has 0 bridgehead atoms. The van der Waals surface area contributed by atoms with E-state index in [1.54, 1.807) is 27.8 Å². The SMILES string of the molecule is CC(C)N(C)S(=O)(=O)NC(C)(C)C(C)N. The minimum atomic E-state index is -3.46. The molecule has 1 atom stereocenters. The molecule has 15 heavy (non-hydrogen) atoms. The maximum Gasteiger partial charge on any atom is 0.279 e. The third-order valence-electron chi connectivity index (χ3n) is 2.64. The van der Waals surface area contributed by atoms with Gasteiger partial charge in [0.2, 0.25) is 0 Å². The van der Waals surface area contributed by atoms with Crippen LogP contribution >= 0.6 is 0 Å². The predicted octanol–water partition coefficient (Wildman–Crippen LogP) is 0.287. The van der Waals surface area contributed by atoms with Gasteiger partial charge in [-0.1, -0.05) is 0 Å². The number of nitrogens with two attached hydrogens (primary N) is 1. The molecular weight excluding hydrogens is 214 g/mol. The molecule has 0 heterocycles. The molecule has 0 spiro atoms. The van der Waals surface area contributed by atoms with Gasteiger partial charge >= 0.3 is 0 Å². The molecule has 0 rings (SSSR count). The molecule has 0 aromatic rings. The summed E-state index contributed by atoms with van der Waals surface area (Å²) in [6.07, 6.45) is 0. The summed E-state index contributed by atoms with van der Waals surface area (Å²) in [4.78, 5) is 0. The summed E-state index contributed by atoms with van der Waals surface area (Å²) in [5.74, 6) is 0. The van der Waals surface area contributed by atoms with E-state index in [-0.39, 0.29) is 12.1 Å². The van der Waals surface area contributed by atoms with Crippen LogP contribution in [0.4, 0.5) is 0 Å². The number of nitrogens with zero attached hydrogens (tertiary/aromatic N) is 1. The molecule has 92 valence electrons. The van der Waals surface area contributed by atoms with Crippen molar-refractivity contribution in [2.45, 2.75) is 52.2 Å². The average Bonchev–Trinajstić information content (AvgIpc) is 2.00. The van der Waals surface area contributed by atoms with Crippen molar-refractivity contribution in [2.75, 3.05) is 7.05 Å². The lowest BCUT2D eigenvalue weighted by Crippen LogP contribution is -2.58. The van der Waals surface area contributed by atoms with Gasteiger partial charge in [-0.2, -0.15) is 17.4 Å². The van der Waals surface area contributed by atoms with Crippen molar-refractivity contribution in [3.8, 4) is 0 Å². The fourth-order valence-corrected chi connectivity index (χ4v) is 2.32. The Kier molecular flexibility index (Phi) is 4.72. The molecule has 3 N–H and O–H groups in total. The van der Waals surface area contributed by atoms with E-state index in [1.807, 2.05) is 13.8 Å². The highest BCUT2D eigenvalue weighted by Gasteiger charge is 2.31. The van der Waals surface area contributed by atoms with Gasteiger partial charge in [0.25, 0.3) is 10.2 Å². The summed E-state index contributed by atoms with van der Waals surface area (Å²) in [5.41, 5.74) is 5.06. The summed E-state index contributed by atoms with van der Waals surface area (Å²) >= 11 is 0. The van der Waals surface area contributed by atoms with E-state index in [1.165, 1.54) is 4.31 Å². The molecular formula is C9H23N3O2S. The molecule has 0 aromatic heterocycles. The standard InChI is InChI=1S/C9H23N3O2S/c1-7(2)12(6)15(13,14)11-9(4,5)8(3)10/h7-8,11H,10H2,1-6H3. The van der Waals surface area contributed by atoms with Gasteiger partial charge in [-0.25, -0.2) is 0 Å². The van der Waals surface area contributed by atoms with Gasteiger partial charge in [-0.3, -0.25) is 0 Å². The first-order valence-corrected chi connectivity index (χ1v) is 6.47. The van der Waals surface area contributed by atoms with E-state index >= 15 is 0 Å². The molecule has 0 radical (unpaired) electrons. The molecule has 0 aliphatic carbocycles. The second kappa shape index (κ2) is 4.78. The highest BCUT2D eigenvalue weighted by molar-refractivity contribution is 7.87. The number of rotatable bonds is 5. The monoisotopic (exact) mass is 237 g/mol. The number of hydrogen-bond donors (Lipinski definition) is 2. The van der Waals surface area contributed by atoms with Gasteiger partial charge in [0.05, 0.1) is 0 Å². The summed E-state index contributed by atoms with van der Waals surface area (Å²) in [6.45, 7) is 8.95. The van der Waals surface area contributed by atoms with Crippen molar-refractivity contribution in [1.29, 1.82) is 0 Å². The lowest BCUT2D eigenvalue weighted by atomic mass is 9.99. The molecule has 6 heteroatoms. The van der Waals surface area contributed by atoms with Crippen molar-refractivity contribution >= 4 is 10.2 Å².